The van der Waals surface area contributed by atoms with E-state index in [2.05, 4.69) is 20.6 Å². The van der Waals surface area contributed by atoms with Crippen molar-refractivity contribution in [3.8, 4) is 0 Å². The molecule has 0 spiro atoms. The zero-order valence-electron chi connectivity index (χ0n) is 18.8. The molecule has 0 aliphatic carbocycles. The molecule has 0 radical (unpaired) electrons. The molecule has 1 saturated heterocycles. The van der Waals surface area contributed by atoms with E-state index in [0.29, 0.717) is 31.9 Å². The third-order valence-corrected chi connectivity index (χ3v) is 5.81. The molecule has 1 aliphatic heterocycles. The van der Waals surface area contributed by atoms with Crippen LogP contribution in [0.5, 0.6) is 0 Å². The lowest BCUT2D eigenvalue weighted by Gasteiger charge is -2.36. The third-order valence-electron chi connectivity index (χ3n) is 5.81. The van der Waals surface area contributed by atoms with Crippen LogP contribution in [0.3, 0.4) is 0 Å². The van der Waals surface area contributed by atoms with Crippen LogP contribution in [-0.2, 0) is 14.9 Å². The van der Waals surface area contributed by atoms with Crippen LogP contribution in [0.4, 0.5) is 23.0 Å². The predicted molar refractivity (Wildman–Crippen MR) is 128 cm³/mol. The summed E-state index contributed by atoms with van der Waals surface area (Å²) in [6.07, 6.45) is 1.34. The molecule has 1 aliphatic rings. The van der Waals surface area contributed by atoms with E-state index in [4.69, 9.17) is 4.74 Å². The summed E-state index contributed by atoms with van der Waals surface area (Å²) in [5, 5.41) is 6.43. The summed E-state index contributed by atoms with van der Waals surface area (Å²) in [4.78, 5) is 24.2. The van der Waals surface area contributed by atoms with E-state index >= 15 is 0 Å². The maximum absolute atomic E-state index is 13.4. The van der Waals surface area contributed by atoms with Crippen molar-refractivity contribution < 1.29 is 9.53 Å². The van der Waals surface area contributed by atoms with Crippen LogP contribution in [0, 0.1) is 6.92 Å². The third kappa shape index (κ3) is 4.73. The number of aryl methyl sites for hydroxylation is 1. The van der Waals surface area contributed by atoms with Crippen molar-refractivity contribution in [3.63, 3.8) is 0 Å². The average Bonchev–Trinajstić information content (AvgIpc) is 2.81. The summed E-state index contributed by atoms with van der Waals surface area (Å²) in [6, 6.07) is 19.6. The molecule has 2 heterocycles. The lowest BCUT2D eigenvalue weighted by molar-refractivity contribution is -0.125. The fourth-order valence-electron chi connectivity index (χ4n) is 4.00. The SMILES string of the molecule is Cc1nc(Nc2ccc(NC(=O)C3(c4ccccc4)CCOCC3)cc2)cc(N(C)C)n1. The second-order valence-corrected chi connectivity index (χ2v) is 8.27. The predicted octanol–water partition coefficient (Wildman–Crippen LogP) is 4.28. The van der Waals surface area contributed by atoms with Crippen LogP contribution in [0.2, 0.25) is 0 Å². The number of rotatable bonds is 6. The molecule has 2 N–H and O–H groups in total. The van der Waals surface area contributed by atoms with Gasteiger partial charge in [0.25, 0.3) is 0 Å². The van der Waals surface area contributed by atoms with Gasteiger partial charge in [-0.3, -0.25) is 4.79 Å². The Hall–Kier alpha value is -3.45. The maximum atomic E-state index is 13.4. The van der Waals surface area contributed by atoms with Gasteiger partial charge in [-0.2, -0.15) is 0 Å². The minimum Gasteiger partial charge on any atom is -0.381 e. The van der Waals surface area contributed by atoms with Gasteiger partial charge in [-0.15, -0.1) is 0 Å². The van der Waals surface area contributed by atoms with Crippen molar-refractivity contribution in [1.29, 1.82) is 0 Å². The number of hydrogen-bond acceptors (Lipinski definition) is 6. The van der Waals surface area contributed by atoms with Crippen LogP contribution >= 0.6 is 0 Å². The maximum Gasteiger partial charge on any atom is 0.235 e. The Morgan fingerprint density at radius 2 is 1.62 bits per heavy atom. The average molecular weight is 432 g/mol. The van der Waals surface area contributed by atoms with Crippen LogP contribution in [-0.4, -0.2) is 43.2 Å². The molecule has 2 aromatic carbocycles. The molecule has 3 aromatic rings. The molecule has 1 fully saturated rings. The topological polar surface area (TPSA) is 79.4 Å². The van der Waals surface area contributed by atoms with Crippen LogP contribution < -0.4 is 15.5 Å². The van der Waals surface area contributed by atoms with Gasteiger partial charge in [0.2, 0.25) is 5.91 Å². The second-order valence-electron chi connectivity index (χ2n) is 8.27. The molecule has 0 unspecified atom stereocenters. The Morgan fingerprint density at radius 3 is 2.28 bits per heavy atom. The van der Waals surface area contributed by atoms with Crippen LogP contribution in [0.25, 0.3) is 0 Å². The number of aromatic nitrogens is 2. The Labute approximate surface area is 188 Å². The molecule has 1 amide bonds. The van der Waals surface area contributed by atoms with E-state index < -0.39 is 5.41 Å². The van der Waals surface area contributed by atoms with Crippen molar-refractivity contribution in [1.82, 2.24) is 9.97 Å². The first kappa shape index (κ1) is 21.8. The molecular formula is C25H29N5O2. The molecule has 7 nitrogen and oxygen atoms in total. The molecular weight excluding hydrogens is 402 g/mol. The zero-order chi connectivity index (χ0) is 22.6. The quantitative estimate of drug-likeness (QED) is 0.606. The molecule has 32 heavy (non-hydrogen) atoms. The summed E-state index contributed by atoms with van der Waals surface area (Å²) in [6.45, 7) is 3.03. The number of nitrogens with zero attached hydrogens (tertiary/aromatic N) is 3. The fraction of sp³-hybridized carbons (Fsp3) is 0.320. The number of anilines is 4. The summed E-state index contributed by atoms with van der Waals surface area (Å²) in [5.74, 6) is 2.27. The van der Waals surface area contributed by atoms with E-state index in [1.807, 2.05) is 86.6 Å². The van der Waals surface area contributed by atoms with Gasteiger partial charge in [0.05, 0.1) is 5.41 Å². The van der Waals surface area contributed by atoms with E-state index in [-0.39, 0.29) is 5.91 Å². The number of nitrogens with one attached hydrogen (secondary N) is 2. The van der Waals surface area contributed by atoms with Crippen molar-refractivity contribution in [2.24, 2.45) is 0 Å². The van der Waals surface area contributed by atoms with E-state index in [0.717, 1.165) is 28.6 Å². The first-order valence-corrected chi connectivity index (χ1v) is 10.8. The molecule has 0 atom stereocenters. The number of hydrogen-bond donors (Lipinski definition) is 2. The first-order chi connectivity index (χ1) is 15.5. The van der Waals surface area contributed by atoms with Gasteiger partial charge < -0.3 is 20.3 Å². The van der Waals surface area contributed by atoms with E-state index in [9.17, 15) is 4.79 Å². The minimum atomic E-state index is -0.572. The molecule has 0 saturated carbocycles. The Kier molecular flexibility index (Phi) is 6.37. The lowest BCUT2D eigenvalue weighted by atomic mass is 9.73. The largest absolute Gasteiger partial charge is 0.381 e. The van der Waals surface area contributed by atoms with Gasteiger partial charge in [0, 0.05) is 44.8 Å². The number of benzene rings is 2. The summed E-state index contributed by atoms with van der Waals surface area (Å²) >= 11 is 0. The standard InChI is InChI=1S/C25H29N5O2/c1-18-26-22(17-23(27-18)30(2)3)28-20-9-11-21(12-10-20)29-24(31)25(13-15-32-16-14-25)19-7-5-4-6-8-19/h4-12,17H,13-16H2,1-3H3,(H,29,31)(H,26,27,28). The highest BCUT2D eigenvalue weighted by Crippen LogP contribution is 2.36. The molecule has 4 rings (SSSR count). The van der Waals surface area contributed by atoms with Gasteiger partial charge in [-0.1, -0.05) is 30.3 Å². The molecule has 7 heteroatoms. The number of carbonyl (C=O) groups excluding carboxylic acids is 1. The highest BCUT2D eigenvalue weighted by Gasteiger charge is 2.41. The van der Waals surface area contributed by atoms with Gasteiger partial charge >= 0.3 is 0 Å². The summed E-state index contributed by atoms with van der Waals surface area (Å²) < 4.78 is 5.55. The van der Waals surface area contributed by atoms with Gasteiger partial charge in [0.15, 0.2) is 0 Å². The molecule has 0 bridgehead atoms. The van der Waals surface area contributed by atoms with Crippen molar-refractivity contribution in [2.45, 2.75) is 25.2 Å². The number of ether oxygens (including phenoxy) is 1. The monoisotopic (exact) mass is 431 g/mol. The van der Waals surface area contributed by atoms with E-state index in [1.165, 1.54) is 0 Å². The highest BCUT2D eigenvalue weighted by atomic mass is 16.5. The van der Waals surface area contributed by atoms with Crippen molar-refractivity contribution in [3.05, 3.63) is 72.1 Å². The summed E-state index contributed by atoms with van der Waals surface area (Å²) in [7, 11) is 3.90. The van der Waals surface area contributed by atoms with Crippen LogP contribution in [0.15, 0.2) is 60.7 Å². The van der Waals surface area contributed by atoms with Gasteiger partial charge in [-0.05, 0) is 49.6 Å². The lowest BCUT2D eigenvalue weighted by Crippen LogP contribution is -2.44. The van der Waals surface area contributed by atoms with Gasteiger partial charge in [-0.25, -0.2) is 9.97 Å². The first-order valence-electron chi connectivity index (χ1n) is 10.8. The molecule has 166 valence electrons. The summed E-state index contributed by atoms with van der Waals surface area (Å²) in [5.41, 5.74) is 2.11. The Balaban J connectivity index is 1.49. The zero-order valence-corrected chi connectivity index (χ0v) is 18.8. The Morgan fingerprint density at radius 1 is 0.969 bits per heavy atom. The van der Waals surface area contributed by atoms with Crippen molar-refractivity contribution in [2.75, 3.05) is 42.8 Å². The number of carbonyl (C=O) groups is 1. The van der Waals surface area contributed by atoms with Crippen molar-refractivity contribution >= 4 is 28.9 Å². The number of amides is 1. The smallest absolute Gasteiger partial charge is 0.235 e. The highest BCUT2D eigenvalue weighted by molar-refractivity contribution is 5.99. The fourth-order valence-corrected chi connectivity index (χ4v) is 4.00. The normalized spacial score (nSPS) is 15.1. The molecule has 1 aromatic heterocycles. The van der Waals surface area contributed by atoms with E-state index in [1.54, 1.807) is 0 Å². The minimum absolute atomic E-state index is 0.00904. The second kappa shape index (κ2) is 9.36. The Bertz CT molecular complexity index is 1060. The van der Waals surface area contributed by atoms with Gasteiger partial charge in [0.1, 0.15) is 17.5 Å². The van der Waals surface area contributed by atoms with Crippen LogP contribution in [0.1, 0.15) is 24.2 Å².